The molecular formula is C24H24FN3O5. The lowest BCUT2D eigenvalue weighted by Gasteiger charge is -2.22. The van der Waals surface area contributed by atoms with Crippen LogP contribution in [0, 0.1) is 5.82 Å². The predicted octanol–water partition coefficient (Wildman–Crippen LogP) is 3.07. The van der Waals surface area contributed by atoms with E-state index in [1.165, 1.54) is 28.8 Å². The Morgan fingerprint density at radius 2 is 1.88 bits per heavy atom. The Morgan fingerprint density at radius 1 is 1.09 bits per heavy atom. The lowest BCUT2D eigenvalue weighted by molar-refractivity contribution is -0.145. The highest BCUT2D eigenvalue weighted by Crippen LogP contribution is 2.29. The lowest BCUT2D eigenvalue weighted by Crippen LogP contribution is -2.42. The van der Waals surface area contributed by atoms with E-state index in [2.05, 4.69) is 5.10 Å². The van der Waals surface area contributed by atoms with Gasteiger partial charge >= 0.3 is 5.97 Å². The van der Waals surface area contributed by atoms with Gasteiger partial charge in [0.2, 0.25) is 0 Å². The molecule has 2 heterocycles. The molecule has 1 saturated heterocycles. The van der Waals surface area contributed by atoms with E-state index in [4.69, 9.17) is 14.2 Å². The van der Waals surface area contributed by atoms with Crippen LogP contribution in [0.2, 0.25) is 0 Å². The standard InChI is InChI=1S/C24H24FN3O5/c1-27-20(13-19(26-27)15-7-6-8-16(11-15)31-2)23(29)28-14-17(12-21(28)24(30)32-3)33-22-10-5-4-9-18(22)25/h4-11,13,17,21H,12,14H2,1-3H3. The van der Waals surface area contributed by atoms with Gasteiger partial charge in [-0.05, 0) is 30.3 Å². The van der Waals surface area contributed by atoms with Crippen LogP contribution in [0.25, 0.3) is 11.3 Å². The van der Waals surface area contributed by atoms with Crippen molar-refractivity contribution < 1.29 is 28.2 Å². The zero-order chi connectivity index (χ0) is 23.5. The fourth-order valence-electron chi connectivity index (χ4n) is 3.92. The molecule has 0 spiro atoms. The molecule has 33 heavy (non-hydrogen) atoms. The van der Waals surface area contributed by atoms with Crippen LogP contribution in [-0.2, 0) is 16.6 Å². The van der Waals surface area contributed by atoms with Gasteiger partial charge in [-0.15, -0.1) is 0 Å². The van der Waals surface area contributed by atoms with Crippen LogP contribution in [-0.4, -0.2) is 59.5 Å². The predicted molar refractivity (Wildman–Crippen MR) is 117 cm³/mol. The van der Waals surface area contributed by atoms with Crippen molar-refractivity contribution in [2.24, 2.45) is 7.05 Å². The number of nitrogens with zero attached hydrogens (tertiary/aromatic N) is 3. The van der Waals surface area contributed by atoms with Gasteiger partial charge in [-0.25, -0.2) is 9.18 Å². The van der Waals surface area contributed by atoms with E-state index in [1.54, 1.807) is 32.4 Å². The zero-order valence-electron chi connectivity index (χ0n) is 18.5. The summed E-state index contributed by atoms with van der Waals surface area (Å²) in [6, 6.07) is 14.2. The summed E-state index contributed by atoms with van der Waals surface area (Å²) in [5.74, 6) is -0.718. The van der Waals surface area contributed by atoms with Crippen molar-refractivity contribution in [2.75, 3.05) is 20.8 Å². The molecule has 8 nitrogen and oxygen atoms in total. The van der Waals surface area contributed by atoms with E-state index in [1.807, 2.05) is 24.3 Å². The summed E-state index contributed by atoms with van der Waals surface area (Å²) >= 11 is 0. The molecule has 2 unspecified atom stereocenters. The van der Waals surface area contributed by atoms with Gasteiger partial charge in [-0.2, -0.15) is 5.10 Å². The Balaban J connectivity index is 1.59. The number of aromatic nitrogens is 2. The number of hydrogen-bond acceptors (Lipinski definition) is 6. The Kier molecular flexibility index (Phi) is 6.30. The van der Waals surface area contributed by atoms with E-state index in [0.717, 1.165) is 5.56 Å². The van der Waals surface area contributed by atoms with Crippen molar-refractivity contribution >= 4 is 11.9 Å². The minimum atomic E-state index is -0.852. The van der Waals surface area contributed by atoms with E-state index in [-0.39, 0.29) is 18.7 Å². The SMILES string of the molecule is COC(=O)C1CC(Oc2ccccc2F)CN1C(=O)c1cc(-c2cccc(OC)c2)nn1C. The van der Waals surface area contributed by atoms with Crippen molar-refractivity contribution in [2.45, 2.75) is 18.6 Å². The second-order valence-electron chi connectivity index (χ2n) is 7.67. The van der Waals surface area contributed by atoms with Gasteiger partial charge in [0.15, 0.2) is 11.6 Å². The summed E-state index contributed by atoms with van der Waals surface area (Å²) in [4.78, 5) is 27.3. The van der Waals surface area contributed by atoms with Crippen molar-refractivity contribution in [1.82, 2.24) is 14.7 Å². The first kappa shape index (κ1) is 22.3. The minimum absolute atomic E-state index is 0.0706. The molecule has 1 fully saturated rings. The van der Waals surface area contributed by atoms with Crippen LogP contribution in [0.5, 0.6) is 11.5 Å². The van der Waals surface area contributed by atoms with Gasteiger partial charge in [0.05, 0.1) is 26.5 Å². The number of para-hydroxylation sites is 1. The van der Waals surface area contributed by atoms with Crippen molar-refractivity contribution in [1.29, 1.82) is 0 Å². The van der Waals surface area contributed by atoms with Gasteiger partial charge in [-0.3, -0.25) is 9.48 Å². The first-order valence-electron chi connectivity index (χ1n) is 10.4. The number of carbonyl (C=O) groups excluding carboxylic acids is 2. The molecule has 1 amide bonds. The molecule has 0 bridgehead atoms. The molecule has 2 atom stereocenters. The average Bonchev–Trinajstić information content (AvgIpc) is 3.43. The number of amides is 1. The molecule has 0 saturated carbocycles. The molecule has 1 aromatic heterocycles. The molecule has 0 N–H and O–H groups in total. The number of benzene rings is 2. The molecule has 172 valence electrons. The highest BCUT2D eigenvalue weighted by atomic mass is 19.1. The Hall–Kier alpha value is -3.88. The van der Waals surface area contributed by atoms with Crippen LogP contribution in [0.3, 0.4) is 0 Å². The van der Waals surface area contributed by atoms with Crippen LogP contribution >= 0.6 is 0 Å². The molecule has 4 rings (SSSR count). The summed E-state index contributed by atoms with van der Waals surface area (Å²) in [5.41, 5.74) is 1.68. The second-order valence-corrected chi connectivity index (χ2v) is 7.67. The normalized spacial score (nSPS) is 17.6. The smallest absolute Gasteiger partial charge is 0.328 e. The first-order valence-corrected chi connectivity index (χ1v) is 10.4. The van der Waals surface area contributed by atoms with E-state index >= 15 is 0 Å². The molecule has 2 aromatic carbocycles. The monoisotopic (exact) mass is 453 g/mol. The Morgan fingerprint density at radius 3 is 2.61 bits per heavy atom. The van der Waals surface area contributed by atoms with Gasteiger partial charge in [0.1, 0.15) is 23.6 Å². The van der Waals surface area contributed by atoms with Crippen molar-refractivity contribution in [3.8, 4) is 22.8 Å². The summed E-state index contributed by atoms with van der Waals surface area (Å²) in [6.07, 6.45) is -0.381. The summed E-state index contributed by atoms with van der Waals surface area (Å²) < 4.78 is 31.4. The summed E-state index contributed by atoms with van der Waals surface area (Å²) in [6.45, 7) is 0.104. The minimum Gasteiger partial charge on any atom is -0.497 e. The van der Waals surface area contributed by atoms with Gasteiger partial charge in [-0.1, -0.05) is 24.3 Å². The molecule has 9 heteroatoms. The molecule has 0 radical (unpaired) electrons. The average molecular weight is 453 g/mol. The van der Waals surface area contributed by atoms with Crippen molar-refractivity contribution in [3.63, 3.8) is 0 Å². The molecule has 1 aliphatic rings. The number of methoxy groups -OCH3 is 2. The molecular weight excluding hydrogens is 429 g/mol. The van der Waals surface area contributed by atoms with Gasteiger partial charge in [0, 0.05) is 19.0 Å². The van der Waals surface area contributed by atoms with Crippen LogP contribution in [0.4, 0.5) is 4.39 Å². The third kappa shape index (κ3) is 4.52. The Labute approximate surface area is 190 Å². The van der Waals surface area contributed by atoms with Gasteiger partial charge < -0.3 is 19.1 Å². The quantitative estimate of drug-likeness (QED) is 0.534. The number of likely N-dealkylation sites (tertiary alicyclic amines) is 1. The second kappa shape index (κ2) is 9.32. The lowest BCUT2D eigenvalue weighted by atomic mass is 10.1. The highest BCUT2D eigenvalue weighted by molar-refractivity contribution is 5.96. The van der Waals surface area contributed by atoms with E-state index < -0.39 is 29.8 Å². The molecule has 0 aliphatic carbocycles. The molecule has 3 aromatic rings. The summed E-state index contributed by atoms with van der Waals surface area (Å²) in [7, 11) is 4.50. The number of halogens is 1. The number of ether oxygens (including phenoxy) is 3. The number of hydrogen-bond donors (Lipinski definition) is 0. The topological polar surface area (TPSA) is 82.9 Å². The van der Waals surface area contributed by atoms with Crippen LogP contribution in [0.1, 0.15) is 16.9 Å². The molecule has 1 aliphatic heterocycles. The first-order chi connectivity index (χ1) is 15.9. The van der Waals surface area contributed by atoms with E-state index in [0.29, 0.717) is 17.1 Å². The number of esters is 1. The maximum atomic E-state index is 14.0. The van der Waals surface area contributed by atoms with Crippen molar-refractivity contribution in [3.05, 3.63) is 66.1 Å². The van der Waals surface area contributed by atoms with Crippen LogP contribution < -0.4 is 9.47 Å². The fraction of sp³-hybridized carbons (Fsp3) is 0.292. The largest absolute Gasteiger partial charge is 0.497 e. The van der Waals surface area contributed by atoms with Crippen LogP contribution in [0.15, 0.2) is 54.6 Å². The highest BCUT2D eigenvalue weighted by Gasteiger charge is 2.42. The maximum absolute atomic E-state index is 14.0. The third-order valence-corrected chi connectivity index (χ3v) is 5.59. The number of carbonyl (C=O) groups is 2. The Bertz CT molecular complexity index is 1180. The van der Waals surface area contributed by atoms with Gasteiger partial charge in [0.25, 0.3) is 5.91 Å². The fourth-order valence-corrected chi connectivity index (χ4v) is 3.92. The maximum Gasteiger partial charge on any atom is 0.328 e. The summed E-state index contributed by atoms with van der Waals surface area (Å²) in [5, 5.41) is 4.45. The zero-order valence-corrected chi connectivity index (χ0v) is 18.5. The number of aryl methyl sites for hydroxylation is 1. The number of rotatable bonds is 6. The third-order valence-electron chi connectivity index (χ3n) is 5.59. The van der Waals surface area contributed by atoms with E-state index in [9.17, 15) is 14.0 Å².